The minimum atomic E-state index is 0.313. The molecule has 2 N–H and O–H groups in total. The summed E-state index contributed by atoms with van der Waals surface area (Å²) in [4.78, 5) is 8.03. The smallest absolute Gasteiger partial charge is 0.146 e. The lowest BCUT2D eigenvalue weighted by atomic mass is 10.0. The Bertz CT molecular complexity index is 535. The summed E-state index contributed by atoms with van der Waals surface area (Å²) in [5.41, 5.74) is 8.62. The number of hydrogen-bond acceptors (Lipinski definition) is 3. The van der Waals surface area contributed by atoms with Gasteiger partial charge in [0.15, 0.2) is 0 Å². The number of nitrogen functional groups attached to an aromatic ring is 1. The fourth-order valence-corrected chi connectivity index (χ4v) is 2.06. The third-order valence-corrected chi connectivity index (χ3v) is 3.06. The van der Waals surface area contributed by atoms with Crippen LogP contribution in [-0.4, -0.2) is 9.97 Å². The normalized spacial score (nSPS) is 10.9. The summed E-state index contributed by atoms with van der Waals surface area (Å²) in [6.07, 6.45) is 2.50. The summed E-state index contributed by atoms with van der Waals surface area (Å²) in [6.45, 7) is 4.41. The van der Waals surface area contributed by atoms with E-state index in [9.17, 15) is 0 Å². The molecule has 1 aromatic heterocycles. The molecule has 0 aliphatic carbocycles. The number of nitrogens with zero attached hydrogens (tertiary/aromatic N) is 2. The number of hydrogen-bond donors (Lipinski definition) is 1. The summed E-state index contributed by atoms with van der Waals surface area (Å²) >= 11 is 6.10. The number of nitrogens with two attached hydrogens (primary N) is 1. The van der Waals surface area contributed by atoms with Gasteiger partial charge in [0.1, 0.15) is 17.2 Å². The highest BCUT2D eigenvalue weighted by atomic mass is 35.5. The van der Waals surface area contributed by atoms with Crippen molar-refractivity contribution in [3.8, 4) is 11.3 Å². The van der Waals surface area contributed by atoms with Crippen molar-refractivity contribution >= 4 is 17.4 Å². The third kappa shape index (κ3) is 2.79. The van der Waals surface area contributed by atoms with Crippen LogP contribution in [0.4, 0.5) is 5.82 Å². The van der Waals surface area contributed by atoms with Crippen LogP contribution in [0.15, 0.2) is 30.6 Å². The van der Waals surface area contributed by atoms with Crippen LogP contribution in [-0.2, 0) is 6.42 Å². The lowest BCUT2D eigenvalue weighted by molar-refractivity contribution is 0.647. The van der Waals surface area contributed by atoms with Gasteiger partial charge in [0.05, 0.1) is 5.69 Å². The van der Waals surface area contributed by atoms with Crippen LogP contribution in [0.5, 0.6) is 0 Å². The first-order valence-corrected chi connectivity index (χ1v) is 6.31. The zero-order chi connectivity index (χ0) is 13.1. The highest BCUT2D eigenvalue weighted by Gasteiger charge is 2.08. The van der Waals surface area contributed by atoms with E-state index < -0.39 is 0 Å². The van der Waals surface area contributed by atoms with E-state index in [-0.39, 0.29) is 0 Å². The zero-order valence-corrected chi connectivity index (χ0v) is 11.3. The second-order valence-electron chi connectivity index (χ2n) is 4.72. The van der Waals surface area contributed by atoms with Crippen molar-refractivity contribution in [3.63, 3.8) is 0 Å². The Balaban J connectivity index is 2.32. The Morgan fingerprint density at radius 1 is 1.17 bits per heavy atom. The predicted molar refractivity (Wildman–Crippen MR) is 75.4 cm³/mol. The molecule has 0 saturated carbocycles. The highest BCUT2D eigenvalue weighted by Crippen LogP contribution is 2.28. The van der Waals surface area contributed by atoms with Crippen LogP contribution >= 0.6 is 11.6 Å². The van der Waals surface area contributed by atoms with E-state index >= 15 is 0 Å². The zero-order valence-electron chi connectivity index (χ0n) is 10.5. The van der Waals surface area contributed by atoms with E-state index in [2.05, 4.69) is 35.9 Å². The lowest BCUT2D eigenvalue weighted by Gasteiger charge is -2.07. The van der Waals surface area contributed by atoms with Crippen LogP contribution < -0.4 is 5.73 Å². The van der Waals surface area contributed by atoms with Crippen molar-refractivity contribution in [2.75, 3.05) is 5.73 Å². The predicted octanol–water partition coefficient (Wildman–Crippen LogP) is 3.58. The maximum atomic E-state index is 6.10. The molecule has 0 bridgehead atoms. The minimum absolute atomic E-state index is 0.313. The lowest BCUT2D eigenvalue weighted by Crippen LogP contribution is -1.96. The molecule has 0 unspecified atom stereocenters. The van der Waals surface area contributed by atoms with Gasteiger partial charge in [-0.2, -0.15) is 0 Å². The van der Waals surface area contributed by atoms with Crippen LogP contribution in [0.2, 0.25) is 5.02 Å². The Morgan fingerprint density at radius 3 is 2.44 bits per heavy atom. The Hall–Kier alpha value is -1.61. The SMILES string of the molecule is CC(C)Cc1ccc(-c2ncnc(N)c2Cl)cc1. The average molecular weight is 262 g/mol. The molecule has 4 heteroatoms. The van der Waals surface area contributed by atoms with Gasteiger partial charge in [0.25, 0.3) is 0 Å². The van der Waals surface area contributed by atoms with Crippen LogP contribution in [0, 0.1) is 5.92 Å². The maximum absolute atomic E-state index is 6.10. The molecule has 1 aromatic carbocycles. The monoisotopic (exact) mass is 261 g/mol. The summed E-state index contributed by atoms with van der Waals surface area (Å²) < 4.78 is 0. The third-order valence-electron chi connectivity index (χ3n) is 2.69. The van der Waals surface area contributed by atoms with Gasteiger partial charge in [0.2, 0.25) is 0 Å². The molecule has 18 heavy (non-hydrogen) atoms. The van der Waals surface area contributed by atoms with E-state index in [1.807, 2.05) is 12.1 Å². The first-order chi connectivity index (χ1) is 8.58. The summed E-state index contributed by atoms with van der Waals surface area (Å²) in [7, 11) is 0. The van der Waals surface area contributed by atoms with Crippen molar-refractivity contribution in [2.24, 2.45) is 5.92 Å². The molecule has 94 valence electrons. The molecule has 0 spiro atoms. The minimum Gasteiger partial charge on any atom is -0.382 e. The van der Waals surface area contributed by atoms with Crippen LogP contribution in [0.1, 0.15) is 19.4 Å². The van der Waals surface area contributed by atoms with Crippen molar-refractivity contribution in [3.05, 3.63) is 41.2 Å². The largest absolute Gasteiger partial charge is 0.382 e. The molecule has 0 atom stereocenters. The number of rotatable bonds is 3. The van der Waals surface area contributed by atoms with Gasteiger partial charge in [0, 0.05) is 5.56 Å². The summed E-state index contributed by atoms with van der Waals surface area (Å²) in [5.74, 6) is 0.960. The van der Waals surface area contributed by atoms with Gasteiger partial charge >= 0.3 is 0 Å². The number of aromatic nitrogens is 2. The van der Waals surface area contributed by atoms with Crippen LogP contribution in [0.25, 0.3) is 11.3 Å². The van der Waals surface area contributed by atoms with E-state index in [4.69, 9.17) is 17.3 Å². The molecule has 2 aromatic rings. The second kappa shape index (κ2) is 5.36. The number of halogens is 1. The molecular formula is C14H16ClN3. The maximum Gasteiger partial charge on any atom is 0.146 e. The molecule has 2 rings (SSSR count). The first kappa shape index (κ1) is 12.8. The molecule has 0 amide bonds. The van der Waals surface area contributed by atoms with Gasteiger partial charge in [-0.1, -0.05) is 49.7 Å². The molecule has 3 nitrogen and oxygen atoms in total. The molecule has 0 aliphatic heterocycles. The van der Waals surface area contributed by atoms with Crippen molar-refractivity contribution in [1.29, 1.82) is 0 Å². The van der Waals surface area contributed by atoms with Crippen molar-refractivity contribution in [1.82, 2.24) is 9.97 Å². The average Bonchev–Trinajstić information content (AvgIpc) is 2.33. The summed E-state index contributed by atoms with van der Waals surface area (Å²) in [6, 6.07) is 8.24. The standard InChI is InChI=1S/C14H16ClN3/c1-9(2)7-10-3-5-11(6-4-10)13-12(15)14(16)18-8-17-13/h3-6,8-9H,7H2,1-2H3,(H2,16,17,18). The van der Waals surface area contributed by atoms with Gasteiger partial charge < -0.3 is 5.73 Å². The Labute approximate surface area is 112 Å². The van der Waals surface area contributed by atoms with Crippen molar-refractivity contribution < 1.29 is 0 Å². The van der Waals surface area contributed by atoms with E-state index in [0.717, 1.165) is 12.0 Å². The van der Waals surface area contributed by atoms with Gasteiger partial charge in [-0.25, -0.2) is 9.97 Å². The van der Waals surface area contributed by atoms with Gasteiger partial charge in [-0.05, 0) is 17.9 Å². The van der Waals surface area contributed by atoms with Gasteiger partial charge in [-0.3, -0.25) is 0 Å². The molecule has 0 radical (unpaired) electrons. The fourth-order valence-electron chi connectivity index (χ4n) is 1.85. The molecule has 0 aliphatic rings. The quantitative estimate of drug-likeness (QED) is 0.919. The Kier molecular flexibility index (Phi) is 3.82. The molecule has 1 heterocycles. The van der Waals surface area contributed by atoms with E-state index in [0.29, 0.717) is 22.5 Å². The van der Waals surface area contributed by atoms with E-state index in [1.54, 1.807) is 0 Å². The number of anilines is 1. The highest BCUT2D eigenvalue weighted by molar-refractivity contribution is 6.35. The van der Waals surface area contributed by atoms with E-state index in [1.165, 1.54) is 11.9 Å². The fraction of sp³-hybridized carbons (Fsp3) is 0.286. The van der Waals surface area contributed by atoms with Gasteiger partial charge in [-0.15, -0.1) is 0 Å². The number of benzene rings is 1. The first-order valence-electron chi connectivity index (χ1n) is 5.93. The summed E-state index contributed by atoms with van der Waals surface area (Å²) in [5, 5.41) is 0.411. The molecular weight excluding hydrogens is 246 g/mol. The Morgan fingerprint density at radius 2 is 1.83 bits per heavy atom. The van der Waals surface area contributed by atoms with Crippen LogP contribution in [0.3, 0.4) is 0 Å². The molecule has 0 saturated heterocycles. The van der Waals surface area contributed by atoms with Crippen molar-refractivity contribution in [2.45, 2.75) is 20.3 Å². The topological polar surface area (TPSA) is 51.8 Å². The molecule has 0 fully saturated rings. The second-order valence-corrected chi connectivity index (χ2v) is 5.09.